The molecule has 126 valence electrons. The maximum atomic E-state index is 12.2. The molecule has 3 aliphatic rings. The number of piperidine rings is 1. The number of hydrogen-bond acceptors (Lipinski definition) is 4. The van der Waals surface area contributed by atoms with Crippen LogP contribution in [0.5, 0.6) is 0 Å². The molecule has 0 aromatic carbocycles. The van der Waals surface area contributed by atoms with Gasteiger partial charge in [-0.25, -0.2) is 4.98 Å². The SMILES string of the molecule is CC(=O)N1CCc2[nH]cnc2C12CCN(C[C@H]1CCOC1)CC2. The van der Waals surface area contributed by atoms with E-state index in [1.165, 1.54) is 12.1 Å². The minimum atomic E-state index is -0.192. The summed E-state index contributed by atoms with van der Waals surface area (Å²) in [6.45, 7) is 7.52. The van der Waals surface area contributed by atoms with Crippen LogP contribution in [0.4, 0.5) is 0 Å². The van der Waals surface area contributed by atoms with Crippen LogP contribution in [-0.4, -0.2) is 65.1 Å². The van der Waals surface area contributed by atoms with Gasteiger partial charge in [-0.3, -0.25) is 4.79 Å². The van der Waals surface area contributed by atoms with E-state index < -0.39 is 0 Å². The quantitative estimate of drug-likeness (QED) is 0.888. The van der Waals surface area contributed by atoms with E-state index in [1.807, 2.05) is 0 Å². The first-order valence-electron chi connectivity index (χ1n) is 8.80. The van der Waals surface area contributed by atoms with Gasteiger partial charge in [0.15, 0.2) is 0 Å². The Morgan fingerprint density at radius 3 is 2.96 bits per heavy atom. The molecule has 2 fully saturated rings. The second kappa shape index (κ2) is 5.91. The van der Waals surface area contributed by atoms with Crippen molar-refractivity contribution < 1.29 is 9.53 Å². The minimum absolute atomic E-state index is 0.177. The number of nitrogens with one attached hydrogen (secondary N) is 1. The zero-order valence-corrected chi connectivity index (χ0v) is 13.9. The van der Waals surface area contributed by atoms with Gasteiger partial charge < -0.3 is 19.5 Å². The number of aromatic amines is 1. The van der Waals surface area contributed by atoms with Gasteiger partial charge >= 0.3 is 0 Å². The number of carbonyl (C=O) groups is 1. The fourth-order valence-electron chi connectivity index (χ4n) is 4.64. The smallest absolute Gasteiger partial charge is 0.220 e. The van der Waals surface area contributed by atoms with Gasteiger partial charge in [-0.2, -0.15) is 0 Å². The largest absolute Gasteiger partial charge is 0.381 e. The first-order chi connectivity index (χ1) is 11.2. The van der Waals surface area contributed by atoms with Crippen LogP contribution in [0, 0.1) is 5.92 Å². The molecule has 6 nitrogen and oxygen atoms in total. The van der Waals surface area contributed by atoms with E-state index in [0.29, 0.717) is 5.92 Å². The van der Waals surface area contributed by atoms with Gasteiger partial charge in [0, 0.05) is 51.8 Å². The van der Waals surface area contributed by atoms with Crippen LogP contribution >= 0.6 is 0 Å². The Bertz CT molecular complexity index is 571. The Labute approximate surface area is 137 Å². The third kappa shape index (κ3) is 2.58. The molecule has 0 unspecified atom stereocenters. The maximum Gasteiger partial charge on any atom is 0.220 e. The fourth-order valence-corrected chi connectivity index (χ4v) is 4.64. The van der Waals surface area contributed by atoms with Crippen molar-refractivity contribution in [3.05, 3.63) is 17.7 Å². The summed E-state index contributed by atoms with van der Waals surface area (Å²) in [7, 11) is 0. The number of fused-ring (bicyclic) bond motifs is 2. The van der Waals surface area contributed by atoms with E-state index in [-0.39, 0.29) is 11.4 Å². The van der Waals surface area contributed by atoms with E-state index in [0.717, 1.165) is 64.3 Å². The molecule has 1 amide bonds. The van der Waals surface area contributed by atoms with Crippen molar-refractivity contribution in [3.8, 4) is 0 Å². The lowest BCUT2D eigenvalue weighted by molar-refractivity contribution is -0.139. The first kappa shape index (κ1) is 15.1. The van der Waals surface area contributed by atoms with E-state index in [1.54, 1.807) is 13.3 Å². The Morgan fingerprint density at radius 1 is 1.43 bits per heavy atom. The number of hydrogen-bond donors (Lipinski definition) is 1. The van der Waals surface area contributed by atoms with Gasteiger partial charge in [-0.1, -0.05) is 0 Å². The number of amides is 1. The second-order valence-corrected chi connectivity index (χ2v) is 7.21. The summed E-state index contributed by atoms with van der Waals surface area (Å²) < 4.78 is 5.50. The lowest BCUT2D eigenvalue weighted by Crippen LogP contribution is -2.58. The van der Waals surface area contributed by atoms with Crippen LogP contribution in [0.1, 0.15) is 37.6 Å². The highest BCUT2D eigenvalue weighted by molar-refractivity contribution is 5.75. The molecule has 4 rings (SSSR count). The summed E-state index contributed by atoms with van der Waals surface area (Å²) in [5, 5.41) is 0. The van der Waals surface area contributed by atoms with E-state index >= 15 is 0 Å². The van der Waals surface area contributed by atoms with Crippen molar-refractivity contribution in [1.82, 2.24) is 19.8 Å². The Morgan fingerprint density at radius 2 is 2.26 bits per heavy atom. The van der Waals surface area contributed by atoms with Crippen molar-refractivity contribution >= 4 is 5.91 Å². The van der Waals surface area contributed by atoms with Crippen molar-refractivity contribution in [2.24, 2.45) is 5.92 Å². The predicted molar refractivity (Wildman–Crippen MR) is 86.0 cm³/mol. The number of carbonyl (C=O) groups excluding carboxylic acids is 1. The number of imidazole rings is 1. The van der Waals surface area contributed by atoms with Crippen LogP contribution in [-0.2, 0) is 21.5 Å². The standard InChI is InChI=1S/C17H26N4O2/c1-13(22)21-6-2-15-16(19-12-18-15)17(21)4-7-20(8-5-17)10-14-3-9-23-11-14/h12,14H,2-11H2,1H3,(H,18,19)/t14-/m1/s1. The maximum absolute atomic E-state index is 12.2. The number of aromatic nitrogens is 2. The van der Waals surface area contributed by atoms with Gasteiger partial charge in [-0.15, -0.1) is 0 Å². The van der Waals surface area contributed by atoms with Gasteiger partial charge in [0.25, 0.3) is 0 Å². The van der Waals surface area contributed by atoms with Gasteiger partial charge in [0.2, 0.25) is 5.91 Å². The predicted octanol–water partition coefficient (Wildman–Crippen LogP) is 1.14. The fraction of sp³-hybridized carbons (Fsp3) is 0.765. The monoisotopic (exact) mass is 318 g/mol. The number of rotatable bonds is 2. The van der Waals surface area contributed by atoms with Gasteiger partial charge in [0.1, 0.15) is 0 Å². The van der Waals surface area contributed by atoms with Crippen molar-refractivity contribution in [2.45, 2.75) is 38.1 Å². The summed E-state index contributed by atoms with van der Waals surface area (Å²) in [5.41, 5.74) is 2.14. The van der Waals surface area contributed by atoms with E-state index in [9.17, 15) is 4.79 Å². The Kier molecular flexibility index (Phi) is 3.89. The summed E-state index contributed by atoms with van der Waals surface area (Å²) in [6.07, 6.45) is 5.83. The number of H-pyrrole nitrogens is 1. The molecule has 0 saturated carbocycles. The van der Waals surface area contributed by atoms with Gasteiger partial charge in [0.05, 0.1) is 24.2 Å². The molecule has 2 saturated heterocycles. The molecule has 4 heterocycles. The lowest BCUT2D eigenvalue weighted by atomic mass is 9.78. The Balaban J connectivity index is 1.52. The minimum Gasteiger partial charge on any atom is -0.381 e. The Hall–Kier alpha value is -1.40. The summed E-state index contributed by atoms with van der Waals surface area (Å²) >= 11 is 0. The molecule has 1 N–H and O–H groups in total. The van der Waals surface area contributed by atoms with Crippen molar-refractivity contribution in [3.63, 3.8) is 0 Å². The van der Waals surface area contributed by atoms with E-state index in [2.05, 4.69) is 19.8 Å². The average molecular weight is 318 g/mol. The molecule has 1 spiro atoms. The highest BCUT2D eigenvalue weighted by Crippen LogP contribution is 2.42. The average Bonchev–Trinajstić information content (AvgIpc) is 3.21. The molecule has 6 heteroatoms. The molecule has 0 bridgehead atoms. The highest BCUT2D eigenvalue weighted by atomic mass is 16.5. The summed E-state index contributed by atoms with van der Waals surface area (Å²) in [4.78, 5) is 24.7. The summed E-state index contributed by atoms with van der Waals surface area (Å²) in [5.74, 6) is 0.858. The third-order valence-corrected chi connectivity index (χ3v) is 5.86. The third-order valence-electron chi connectivity index (χ3n) is 5.86. The molecular formula is C17H26N4O2. The van der Waals surface area contributed by atoms with Crippen LogP contribution in [0.25, 0.3) is 0 Å². The molecule has 1 aromatic heterocycles. The lowest BCUT2D eigenvalue weighted by Gasteiger charge is -2.50. The van der Waals surface area contributed by atoms with E-state index in [4.69, 9.17) is 4.74 Å². The molecule has 0 radical (unpaired) electrons. The van der Waals surface area contributed by atoms with Crippen LogP contribution in [0.15, 0.2) is 6.33 Å². The van der Waals surface area contributed by atoms with Crippen LogP contribution < -0.4 is 0 Å². The molecule has 0 aliphatic carbocycles. The molecule has 1 aromatic rings. The molecule has 23 heavy (non-hydrogen) atoms. The highest BCUT2D eigenvalue weighted by Gasteiger charge is 2.47. The zero-order chi connectivity index (χ0) is 15.9. The van der Waals surface area contributed by atoms with Crippen LogP contribution in [0.3, 0.4) is 0 Å². The van der Waals surface area contributed by atoms with Crippen LogP contribution in [0.2, 0.25) is 0 Å². The normalized spacial score (nSPS) is 27.3. The molecule has 1 atom stereocenters. The van der Waals surface area contributed by atoms with Crippen molar-refractivity contribution in [1.29, 1.82) is 0 Å². The first-order valence-corrected chi connectivity index (χ1v) is 8.80. The second-order valence-electron chi connectivity index (χ2n) is 7.21. The number of ether oxygens (including phenoxy) is 1. The summed E-state index contributed by atoms with van der Waals surface area (Å²) in [6, 6.07) is 0. The van der Waals surface area contributed by atoms with Crippen molar-refractivity contribution in [2.75, 3.05) is 39.4 Å². The molecule has 3 aliphatic heterocycles. The number of likely N-dealkylation sites (tertiary alicyclic amines) is 1. The topological polar surface area (TPSA) is 61.5 Å². The van der Waals surface area contributed by atoms with Gasteiger partial charge in [-0.05, 0) is 25.2 Å². The number of nitrogens with zero attached hydrogens (tertiary/aromatic N) is 3. The molecular weight excluding hydrogens is 292 g/mol. The zero-order valence-electron chi connectivity index (χ0n) is 13.9.